The number of likely N-dealkylation sites (tertiary alicyclic amines) is 1. The minimum absolute atomic E-state index is 0.0778. The first-order chi connectivity index (χ1) is 7.50. The van der Waals surface area contributed by atoms with Crippen molar-refractivity contribution in [3.63, 3.8) is 0 Å². The second-order valence-corrected chi connectivity index (χ2v) is 4.33. The third-order valence-corrected chi connectivity index (χ3v) is 2.68. The molecule has 1 amide bonds. The molecule has 0 saturated carbocycles. The van der Waals surface area contributed by atoms with Crippen LogP contribution in [-0.2, 0) is 14.3 Å². The minimum Gasteiger partial charge on any atom is -0.481 e. The van der Waals surface area contributed by atoms with E-state index >= 15 is 0 Å². The van der Waals surface area contributed by atoms with Gasteiger partial charge in [0.2, 0.25) is 5.91 Å². The number of carbonyl (C=O) groups excluding carboxylic acids is 1. The summed E-state index contributed by atoms with van der Waals surface area (Å²) < 4.78 is 5.36. The van der Waals surface area contributed by atoms with E-state index < -0.39 is 11.9 Å². The van der Waals surface area contributed by atoms with Gasteiger partial charge in [-0.15, -0.1) is 0 Å². The molecule has 0 bridgehead atoms. The second-order valence-electron chi connectivity index (χ2n) is 4.33. The van der Waals surface area contributed by atoms with Crippen LogP contribution in [0.1, 0.15) is 26.7 Å². The molecule has 1 aliphatic rings. The molecule has 1 atom stereocenters. The van der Waals surface area contributed by atoms with Crippen molar-refractivity contribution in [1.82, 2.24) is 4.90 Å². The van der Waals surface area contributed by atoms with Crippen LogP contribution in [0.2, 0.25) is 0 Å². The predicted molar refractivity (Wildman–Crippen MR) is 58.0 cm³/mol. The number of hydrogen-bond acceptors (Lipinski definition) is 3. The van der Waals surface area contributed by atoms with Gasteiger partial charge < -0.3 is 14.7 Å². The molecule has 0 aromatic carbocycles. The molecular weight excluding hydrogens is 210 g/mol. The van der Waals surface area contributed by atoms with Crippen LogP contribution < -0.4 is 0 Å². The Morgan fingerprint density at radius 1 is 1.62 bits per heavy atom. The normalized spacial score (nSPS) is 21.6. The molecule has 16 heavy (non-hydrogen) atoms. The van der Waals surface area contributed by atoms with Gasteiger partial charge in [0.15, 0.2) is 0 Å². The summed E-state index contributed by atoms with van der Waals surface area (Å²) in [5, 5.41) is 8.80. The number of hydrogen-bond donors (Lipinski definition) is 1. The lowest BCUT2D eigenvalue weighted by Crippen LogP contribution is -2.42. The van der Waals surface area contributed by atoms with Crippen LogP contribution in [-0.4, -0.2) is 47.7 Å². The molecule has 1 heterocycles. The highest BCUT2D eigenvalue weighted by atomic mass is 16.5. The largest absolute Gasteiger partial charge is 0.481 e. The van der Waals surface area contributed by atoms with Gasteiger partial charge in [0.05, 0.1) is 18.6 Å². The average Bonchev–Trinajstić information content (AvgIpc) is 2.19. The maximum atomic E-state index is 11.6. The Morgan fingerprint density at radius 3 is 2.81 bits per heavy atom. The van der Waals surface area contributed by atoms with Gasteiger partial charge in [-0.1, -0.05) is 0 Å². The number of carbonyl (C=O) groups is 2. The van der Waals surface area contributed by atoms with E-state index in [9.17, 15) is 9.59 Å². The van der Waals surface area contributed by atoms with Gasteiger partial charge >= 0.3 is 5.97 Å². The average molecular weight is 229 g/mol. The fourth-order valence-corrected chi connectivity index (χ4v) is 1.72. The molecule has 5 nitrogen and oxygen atoms in total. The first-order valence-electron chi connectivity index (χ1n) is 5.63. The van der Waals surface area contributed by atoms with Crippen LogP contribution in [0.5, 0.6) is 0 Å². The Balaban J connectivity index is 2.31. The maximum absolute atomic E-state index is 11.6. The van der Waals surface area contributed by atoms with Gasteiger partial charge in [-0.3, -0.25) is 9.59 Å². The number of amides is 1. The highest BCUT2D eigenvalue weighted by molar-refractivity contribution is 5.83. The zero-order valence-electron chi connectivity index (χ0n) is 9.81. The molecule has 1 unspecified atom stereocenters. The van der Waals surface area contributed by atoms with E-state index in [1.54, 1.807) is 4.90 Å². The first kappa shape index (κ1) is 13.0. The topological polar surface area (TPSA) is 66.8 Å². The smallest absolute Gasteiger partial charge is 0.307 e. The number of aliphatic carboxylic acids is 1. The third kappa shape index (κ3) is 3.81. The van der Waals surface area contributed by atoms with Crippen LogP contribution in [0.15, 0.2) is 0 Å². The number of piperidine rings is 1. The van der Waals surface area contributed by atoms with Gasteiger partial charge in [0.1, 0.15) is 0 Å². The lowest BCUT2D eigenvalue weighted by molar-refractivity contribution is -0.149. The molecule has 0 aromatic heterocycles. The Hall–Kier alpha value is -1.10. The Bertz CT molecular complexity index is 265. The number of carboxylic acid groups (broad SMARTS) is 1. The van der Waals surface area contributed by atoms with Crippen molar-refractivity contribution in [3.8, 4) is 0 Å². The third-order valence-electron chi connectivity index (χ3n) is 2.68. The molecule has 1 rings (SSSR count). The van der Waals surface area contributed by atoms with Crippen molar-refractivity contribution in [3.05, 3.63) is 0 Å². The zero-order valence-corrected chi connectivity index (χ0v) is 9.81. The molecule has 0 aromatic rings. The Morgan fingerprint density at radius 2 is 2.31 bits per heavy atom. The molecule has 5 heteroatoms. The summed E-state index contributed by atoms with van der Waals surface area (Å²) in [6, 6.07) is 0. The number of nitrogens with zero attached hydrogens (tertiary/aromatic N) is 1. The molecule has 0 radical (unpaired) electrons. The summed E-state index contributed by atoms with van der Waals surface area (Å²) in [7, 11) is 0. The Labute approximate surface area is 95.4 Å². The molecule has 0 spiro atoms. The van der Waals surface area contributed by atoms with E-state index in [0.29, 0.717) is 26.1 Å². The summed E-state index contributed by atoms with van der Waals surface area (Å²) >= 11 is 0. The van der Waals surface area contributed by atoms with E-state index in [1.165, 1.54) is 0 Å². The first-order valence-corrected chi connectivity index (χ1v) is 5.63. The van der Waals surface area contributed by atoms with E-state index in [4.69, 9.17) is 9.84 Å². The number of rotatable bonds is 5. The van der Waals surface area contributed by atoms with Gasteiger partial charge in [-0.2, -0.15) is 0 Å². The van der Waals surface area contributed by atoms with E-state index in [1.807, 2.05) is 13.8 Å². The molecular formula is C11H19NO4. The summed E-state index contributed by atoms with van der Waals surface area (Å²) in [5.41, 5.74) is 0. The van der Waals surface area contributed by atoms with E-state index in [0.717, 1.165) is 0 Å². The zero-order chi connectivity index (χ0) is 12.1. The van der Waals surface area contributed by atoms with Gasteiger partial charge in [-0.25, -0.2) is 0 Å². The lowest BCUT2D eigenvalue weighted by Gasteiger charge is -2.30. The highest BCUT2D eigenvalue weighted by Crippen LogP contribution is 2.18. The quantitative estimate of drug-likeness (QED) is 0.755. The molecule has 92 valence electrons. The van der Waals surface area contributed by atoms with Crippen LogP contribution in [0, 0.1) is 5.92 Å². The lowest BCUT2D eigenvalue weighted by atomic mass is 9.96. The van der Waals surface area contributed by atoms with Gasteiger partial charge in [0.25, 0.3) is 0 Å². The van der Waals surface area contributed by atoms with Crippen molar-refractivity contribution >= 4 is 11.9 Å². The van der Waals surface area contributed by atoms with Crippen molar-refractivity contribution < 1.29 is 19.4 Å². The van der Waals surface area contributed by atoms with Gasteiger partial charge in [-0.05, 0) is 20.3 Å². The van der Waals surface area contributed by atoms with Crippen molar-refractivity contribution in [2.45, 2.75) is 32.8 Å². The summed E-state index contributed by atoms with van der Waals surface area (Å²) in [4.78, 5) is 24.0. The number of carboxylic acids is 1. The molecule has 1 N–H and O–H groups in total. The van der Waals surface area contributed by atoms with Crippen molar-refractivity contribution in [2.24, 2.45) is 5.92 Å². The highest BCUT2D eigenvalue weighted by Gasteiger charge is 2.29. The monoisotopic (exact) mass is 229 g/mol. The van der Waals surface area contributed by atoms with E-state index in [-0.39, 0.29) is 18.4 Å². The molecule has 1 fully saturated rings. The van der Waals surface area contributed by atoms with Crippen molar-refractivity contribution in [2.75, 3.05) is 19.7 Å². The van der Waals surface area contributed by atoms with Crippen LogP contribution in [0.3, 0.4) is 0 Å². The molecule has 0 aliphatic carbocycles. The van der Waals surface area contributed by atoms with Crippen molar-refractivity contribution in [1.29, 1.82) is 0 Å². The minimum atomic E-state index is -0.869. The number of ether oxygens (including phenoxy) is 1. The van der Waals surface area contributed by atoms with Crippen LogP contribution >= 0.6 is 0 Å². The predicted octanol–water partition coefficient (Wildman–Crippen LogP) is 0.735. The molecule has 1 saturated heterocycles. The van der Waals surface area contributed by atoms with E-state index in [2.05, 4.69) is 0 Å². The SMILES string of the molecule is CC(C)OCCN1CCC(C(=O)O)CC1=O. The maximum Gasteiger partial charge on any atom is 0.307 e. The van der Waals surface area contributed by atoms with Gasteiger partial charge in [0, 0.05) is 19.5 Å². The van der Waals surface area contributed by atoms with Crippen LogP contribution in [0.4, 0.5) is 0 Å². The standard InChI is InChI=1S/C11H19NO4/c1-8(2)16-6-5-12-4-3-9(11(14)15)7-10(12)13/h8-9H,3-7H2,1-2H3,(H,14,15). The Kier molecular flexibility index (Phi) is 4.73. The summed E-state index contributed by atoms with van der Waals surface area (Å²) in [5.74, 6) is -1.45. The fraction of sp³-hybridized carbons (Fsp3) is 0.818. The summed E-state index contributed by atoms with van der Waals surface area (Å²) in [6.07, 6.45) is 0.825. The fourth-order valence-electron chi connectivity index (χ4n) is 1.72. The molecule has 1 aliphatic heterocycles. The van der Waals surface area contributed by atoms with Crippen LogP contribution in [0.25, 0.3) is 0 Å². The summed E-state index contributed by atoms with van der Waals surface area (Å²) in [6.45, 7) is 5.48. The second kappa shape index (κ2) is 5.84.